The molecule has 0 saturated heterocycles. The van der Waals surface area contributed by atoms with Gasteiger partial charge in [0.05, 0.1) is 6.61 Å². The Kier molecular flexibility index (Phi) is 5.15. The largest absolute Gasteiger partial charge is 0.465 e. The summed E-state index contributed by atoms with van der Waals surface area (Å²) >= 11 is 0. The van der Waals surface area contributed by atoms with E-state index in [2.05, 4.69) is 20.7 Å². The highest BCUT2D eigenvalue weighted by Crippen LogP contribution is 2.18. The van der Waals surface area contributed by atoms with Gasteiger partial charge in [0.25, 0.3) is 0 Å². The Bertz CT molecular complexity index is 383. The quantitative estimate of drug-likeness (QED) is 0.372. The number of esters is 1. The molecular formula is C10H17N5O2. The molecule has 94 valence electrons. The van der Waals surface area contributed by atoms with Gasteiger partial charge >= 0.3 is 5.97 Å². The minimum Gasteiger partial charge on any atom is -0.465 e. The van der Waals surface area contributed by atoms with Crippen LogP contribution in [0.5, 0.6) is 0 Å². The normalized spacial score (nSPS) is 9.82. The molecule has 7 nitrogen and oxygen atoms in total. The van der Waals surface area contributed by atoms with Crippen LogP contribution < -0.4 is 16.6 Å². The van der Waals surface area contributed by atoms with E-state index >= 15 is 0 Å². The van der Waals surface area contributed by atoms with Crippen molar-refractivity contribution >= 4 is 17.6 Å². The molecule has 0 unspecified atom stereocenters. The molecule has 0 aromatic carbocycles. The minimum atomic E-state index is -0.324. The fourth-order valence-electron chi connectivity index (χ4n) is 1.39. The lowest BCUT2D eigenvalue weighted by molar-refractivity contribution is -0.140. The molecular weight excluding hydrogens is 222 g/mol. The van der Waals surface area contributed by atoms with Gasteiger partial charge in [-0.2, -0.15) is 0 Å². The van der Waals surface area contributed by atoms with E-state index in [9.17, 15) is 4.79 Å². The topological polar surface area (TPSA) is 102 Å². The Labute approximate surface area is 99.7 Å². The average Bonchev–Trinajstić information content (AvgIpc) is 2.36. The Morgan fingerprint density at radius 2 is 2.12 bits per heavy atom. The molecule has 0 saturated carbocycles. The average molecular weight is 239 g/mol. The third-order valence-electron chi connectivity index (χ3n) is 2.14. The molecule has 0 radical (unpaired) electrons. The van der Waals surface area contributed by atoms with Crippen molar-refractivity contribution in [1.82, 2.24) is 9.97 Å². The van der Waals surface area contributed by atoms with Gasteiger partial charge in [0, 0.05) is 5.56 Å². The second-order valence-electron chi connectivity index (χ2n) is 3.21. The summed E-state index contributed by atoms with van der Waals surface area (Å²) in [5, 5.41) is 2.90. The van der Waals surface area contributed by atoms with E-state index in [1.807, 2.05) is 6.92 Å². The lowest BCUT2D eigenvalue weighted by atomic mass is 10.2. The second-order valence-corrected chi connectivity index (χ2v) is 3.21. The van der Waals surface area contributed by atoms with E-state index in [1.54, 1.807) is 6.92 Å². The standard InChI is InChI=1S/C10H17N5O2/c1-3-7-9(12-5-8(16)17-4-2)13-6-14-10(7)15-11/h6H,3-5,11H2,1-2H3,(H2,12,13,14,15). The third kappa shape index (κ3) is 3.56. The molecule has 7 heteroatoms. The Morgan fingerprint density at radius 3 is 2.71 bits per heavy atom. The van der Waals surface area contributed by atoms with Crippen molar-refractivity contribution in [3.8, 4) is 0 Å². The number of rotatable bonds is 6. The molecule has 1 heterocycles. The van der Waals surface area contributed by atoms with E-state index in [0.717, 1.165) is 5.56 Å². The highest BCUT2D eigenvalue weighted by molar-refractivity contribution is 5.75. The van der Waals surface area contributed by atoms with Gasteiger partial charge in [0.1, 0.15) is 24.5 Å². The number of nitrogens with two attached hydrogens (primary N) is 1. The minimum absolute atomic E-state index is 0.0713. The zero-order chi connectivity index (χ0) is 12.7. The first-order chi connectivity index (χ1) is 8.22. The van der Waals surface area contributed by atoms with Gasteiger partial charge in [-0.1, -0.05) is 6.92 Å². The van der Waals surface area contributed by atoms with Crippen LogP contribution in [-0.4, -0.2) is 29.1 Å². The fraction of sp³-hybridized carbons (Fsp3) is 0.500. The zero-order valence-corrected chi connectivity index (χ0v) is 9.99. The summed E-state index contributed by atoms with van der Waals surface area (Å²) in [5.74, 6) is 6.15. The molecule has 0 fully saturated rings. The van der Waals surface area contributed by atoms with Crippen LogP contribution in [0.1, 0.15) is 19.4 Å². The molecule has 1 aromatic rings. The van der Waals surface area contributed by atoms with E-state index in [1.165, 1.54) is 6.33 Å². The smallest absolute Gasteiger partial charge is 0.325 e. The second kappa shape index (κ2) is 6.64. The summed E-state index contributed by atoms with van der Waals surface area (Å²) in [6.45, 7) is 4.15. The summed E-state index contributed by atoms with van der Waals surface area (Å²) in [7, 11) is 0. The van der Waals surface area contributed by atoms with Crippen molar-refractivity contribution in [1.29, 1.82) is 0 Å². The van der Waals surface area contributed by atoms with Gasteiger partial charge in [0.2, 0.25) is 0 Å². The number of nitrogen functional groups attached to an aromatic ring is 1. The van der Waals surface area contributed by atoms with Gasteiger partial charge in [-0.15, -0.1) is 0 Å². The number of aromatic nitrogens is 2. The SMILES string of the molecule is CCOC(=O)CNc1ncnc(NN)c1CC. The maximum absolute atomic E-state index is 11.2. The monoisotopic (exact) mass is 239 g/mol. The van der Waals surface area contributed by atoms with E-state index < -0.39 is 0 Å². The lowest BCUT2D eigenvalue weighted by Gasteiger charge is -2.11. The van der Waals surface area contributed by atoms with Crippen LogP contribution >= 0.6 is 0 Å². The number of hydrazine groups is 1. The number of hydrogen-bond acceptors (Lipinski definition) is 7. The number of anilines is 2. The summed E-state index contributed by atoms with van der Waals surface area (Å²) in [5.41, 5.74) is 3.33. The molecule has 0 aliphatic heterocycles. The molecule has 0 aliphatic carbocycles. The Morgan fingerprint density at radius 1 is 1.41 bits per heavy atom. The molecule has 0 bridgehead atoms. The molecule has 1 rings (SSSR count). The van der Waals surface area contributed by atoms with Gasteiger partial charge < -0.3 is 15.5 Å². The maximum Gasteiger partial charge on any atom is 0.325 e. The fourth-order valence-corrected chi connectivity index (χ4v) is 1.39. The molecule has 1 aromatic heterocycles. The molecule has 17 heavy (non-hydrogen) atoms. The number of carbonyl (C=O) groups excluding carboxylic acids is 1. The van der Waals surface area contributed by atoms with E-state index in [4.69, 9.17) is 10.6 Å². The van der Waals surface area contributed by atoms with Crippen molar-refractivity contribution in [3.63, 3.8) is 0 Å². The molecule has 0 aliphatic rings. The summed E-state index contributed by atoms with van der Waals surface area (Å²) in [4.78, 5) is 19.3. The molecule has 0 spiro atoms. The summed E-state index contributed by atoms with van der Waals surface area (Å²) in [6.07, 6.45) is 2.08. The molecule has 0 amide bonds. The summed E-state index contributed by atoms with van der Waals surface area (Å²) in [6, 6.07) is 0. The van der Waals surface area contributed by atoms with Crippen molar-refractivity contribution in [2.75, 3.05) is 23.9 Å². The maximum atomic E-state index is 11.2. The van der Waals surface area contributed by atoms with E-state index in [-0.39, 0.29) is 12.5 Å². The number of nitrogens with zero attached hydrogens (tertiary/aromatic N) is 2. The number of carbonyl (C=O) groups is 1. The Hall–Kier alpha value is -1.89. The number of hydrogen-bond donors (Lipinski definition) is 3. The van der Waals surface area contributed by atoms with Gasteiger partial charge in [-0.05, 0) is 13.3 Å². The van der Waals surface area contributed by atoms with E-state index in [0.29, 0.717) is 24.7 Å². The highest BCUT2D eigenvalue weighted by atomic mass is 16.5. The van der Waals surface area contributed by atoms with Crippen molar-refractivity contribution in [2.24, 2.45) is 5.84 Å². The van der Waals surface area contributed by atoms with Crippen molar-refractivity contribution in [3.05, 3.63) is 11.9 Å². The predicted octanol–water partition coefficient (Wildman–Crippen LogP) is 0.300. The first-order valence-electron chi connectivity index (χ1n) is 5.42. The Balaban J connectivity index is 2.73. The lowest BCUT2D eigenvalue weighted by Crippen LogP contribution is -2.19. The predicted molar refractivity (Wildman–Crippen MR) is 64.3 cm³/mol. The van der Waals surface area contributed by atoms with Crippen LogP contribution in [0.3, 0.4) is 0 Å². The number of nitrogens with one attached hydrogen (secondary N) is 2. The van der Waals surface area contributed by atoms with Gasteiger partial charge in [0.15, 0.2) is 0 Å². The van der Waals surface area contributed by atoms with Crippen LogP contribution in [0.2, 0.25) is 0 Å². The first-order valence-corrected chi connectivity index (χ1v) is 5.42. The summed E-state index contributed by atoms with van der Waals surface area (Å²) < 4.78 is 4.81. The highest BCUT2D eigenvalue weighted by Gasteiger charge is 2.10. The molecule has 0 atom stereocenters. The third-order valence-corrected chi connectivity index (χ3v) is 2.14. The van der Waals surface area contributed by atoms with Gasteiger partial charge in [-0.25, -0.2) is 15.8 Å². The van der Waals surface area contributed by atoms with Crippen LogP contribution in [-0.2, 0) is 16.0 Å². The zero-order valence-electron chi connectivity index (χ0n) is 9.99. The van der Waals surface area contributed by atoms with Crippen molar-refractivity contribution < 1.29 is 9.53 Å². The first kappa shape index (κ1) is 13.2. The van der Waals surface area contributed by atoms with Crippen molar-refractivity contribution in [2.45, 2.75) is 20.3 Å². The van der Waals surface area contributed by atoms with Gasteiger partial charge in [-0.3, -0.25) is 4.79 Å². The van der Waals surface area contributed by atoms with Crippen LogP contribution in [0.15, 0.2) is 6.33 Å². The molecule has 4 N–H and O–H groups in total. The van der Waals surface area contributed by atoms with Crippen LogP contribution in [0.4, 0.5) is 11.6 Å². The van der Waals surface area contributed by atoms with Crippen LogP contribution in [0, 0.1) is 0 Å². The number of ether oxygens (including phenoxy) is 1. The van der Waals surface area contributed by atoms with Crippen LogP contribution in [0.25, 0.3) is 0 Å².